The second-order valence-corrected chi connectivity index (χ2v) is 5.99. The molecule has 0 unspecified atom stereocenters. The van der Waals surface area contributed by atoms with Gasteiger partial charge in [0.25, 0.3) is 0 Å². The van der Waals surface area contributed by atoms with Gasteiger partial charge in [-0.3, -0.25) is 0 Å². The largest absolute Gasteiger partial charge is 0.118 e. The fourth-order valence-electron chi connectivity index (χ4n) is 2.01. The summed E-state index contributed by atoms with van der Waals surface area (Å²) in [5.74, 6) is 0.778. The molecular weight excluding hydrogens is 147 g/mol. The van der Waals surface area contributed by atoms with E-state index in [9.17, 15) is 0 Å². The van der Waals surface area contributed by atoms with E-state index in [-0.39, 0.29) is 0 Å². The van der Waals surface area contributed by atoms with Crippen LogP contribution in [0.1, 0.15) is 41.5 Å². The summed E-state index contributed by atoms with van der Waals surface area (Å²) in [4.78, 5) is 0. The standard InChI is InChI=1S/C10H21.Al/c1-8(9(2,3)4)10(5,6)7;/h8H,1H2,2-7H3;. The van der Waals surface area contributed by atoms with Gasteiger partial charge in [-0.25, -0.2) is 0 Å². The zero-order chi connectivity index (χ0) is 9.28. The lowest BCUT2D eigenvalue weighted by Gasteiger charge is -2.40. The normalized spacial score (nSPS) is 14.1. The highest BCUT2D eigenvalue weighted by Crippen LogP contribution is 2.41. The summed E-state index contributed by atoms with van der Waals surface area (Å²) in [5.41, 5.74) is 0.861. The van der Waals surface area contributed by atoms with Gasteiger partial charge in [0.15, 0.2) is 0 Å². The predicted octanol–water partition coefficient (Wildman–Crippen LogP) is 3.28. The SMILES string of the molecule is CC(C)(C)C([CH2][Al])C(C)(C)C. The van der Waals surface area contributed by atoms with Crippen molar-refractivity contribution in [1.29, 1.82) is 0 Å². The monoisotopic (exact) mass is 168 g/mol. The van der Waals surface area contributed by atoms with Crippen LogP contribution in [0.3, 0.4) is 0 Å². The lowest BCUT2D eigenvalue weighted by atomic mass is 9.68. The van der Waals surface area contributed by atoms with Gasteiger partial charge in [-0.2, -0.15) is 0 Å². The Labute approximate surface area is 80.2 Å². The Morgan fingerprint density at radius 3 is 1.18 bits per heavy atom. The molecule has 64 valence electrons. The zero-order valence-electron chi connectivity index (χ0n) is 8.86. The quantitative estimate of drug-likeness (QED) is 0.527. The van der Waals surface area contributed by atoms with Crippen LogP contribution in [0.5, 0.6) is 0 Å². The maximum Gasteiger partial charge on any atom is 0.118 e. The molecule has 0 fully saturated rings. The average Bonchev–Trinajstić information content (AvgIpc) is 1.56. The molecule has 1 heteroatoms. The summed E-state index contributed by atoms with van der Waals surface area (Å²) < 4.78 is 0. The van der Waals surface area contributed by atoms with E-state index < -0.39 is 0 Å². The van der Waals surface area contributed by atoms with Crippen LogP contribution in [0.25, 0.3) is 0 Å². The lowest BCUT2D eigenvalue weighted by Crippen LogP contribution is -2.32. The number of rotatable bonds is 1. The molecule has 0 aliphatic carbocycles. The van der Waals surface area contributed by atoms with Crippen molar-refractivity contribution in [2.45, 2.75) is 46.8 Å². The molecule has 0 aromatic heterocycles. The molecule has 0 N–H and O–H groups in total. The molecule has 0 aromatic rings. The van der Waals surface area contributed by atoms with Crippen molar-refractivity contribution in [2.75, 3.05) is 0 Å². The first-order valence-corrected chi connectivity index (χ1v) is 5.21. The van der Waals surface area contributed by atoms with Gasteiger partial charge < -0.3 is 0 Å². The van der Waals surface area contributed by atoms with Crippen LogP contribution in [0.2, 0.25) is 5.28 Å². The van der Waals surface area contributed by atoms with E-state index in [0.717, 1.165) is 5.92 Å². The second-order valence-electron chi connectivity index (χ2n) is 5.52. The summed E-state index contributed by atoms with van der Waals surface area (Å²) in [6.45, 7) is 14.0. The van der Waals surface area contributed by atoms with Crippen LogP contribution in [0.4, 0.5) is 0 Å². The lowest BCUT2D eigenvalue weighted by molar-refractivity contribution is 0.121. The van der Waals surface area contributed by atoms with E-state index in [1.54, 1.807) is 0 Å². The minimum atomic E-state index is 0.431. The molecule has 0 amide bonds. The molecule has 0 nitrogen and oxygen atoms in total. The van der Waals surface area contributed by atoms with Gasteiger partial charge >= 0.3 is 0 Å². The van der Waals surface area contributed by atoms with Crippen molar-refractivity contribution in [3.63, 3.8) is 0 Å². The first-order valence-electron chi connectivity index (χ1n) is 4.39. The van der Waals surface area contributed by atoms with Gasteiger partial charge in [-0.05, 0) is 16.7 Å². The molecule has 0 saturated heterocycles. The van der Waals surface area contributed by atoms with E-state index in [1.165, 1.54) is 5.28 Å². The molecular formula is C10H21Al. The molecule has 0 aliphatic rings. The first kappa shape index (κ1) is 11.5. The van der Waals surface area contributed by atoms with Gasteiger partial charge in [0, 0.05) is 0 Å². The van der Waals surface area contributed by atoms with Crippen LogP contribution < -0.4 is 0 Å². The van der Waals surface area contributed by atoms with Crippen molar-refractivity contribution in [3.05, 3.63) is 0 Å². The van der Waals surface area contributed by atoms with Gasteiger partial charge in [-0.15, -0.1) is 5.28 Å². The van der Waals surface area contributed by atoms with E-state index >= 15 is 0 Å². The first-order chi connectivity index (χ1) is 4.69. The molecule has 11 heavy (non-hydrogen) atoms. The molecule has 0 saturated carbocycles. The second kappa shape index (κ2) is 3.50. The molecule has 0 spiro atoms. The topological polar surface area (TPSA) is 0 Å². The third-order valence-corrected chi connectivity index (χ3v) is 2.80. The van der Waals surface area contributed by atoms with Crippen LogP contribution in [0.15, 0.2) is 0 Å². The third kappa shape index (κ3) is 3.63. The number of hydrogen-bond acceptors (Lipinski definition) is 0. The van der Waals surface area contributed by atoms with Crippen LogP contribution in [-0.4, -0.2) is 16.3 Å². The maximum atomic E-state index is 2.87. The Hall–Kier alpha value is 0.532. The van der Waals surface area contributed by atoms with E-state index in [1.807, 2.05) is 0 Å². The Bertz CT molecular complexity index is 99.8. The maximum absolute atomic E-state index is 2.87. The van der Waals surface area contributed by atoms with Gasteiger partial charge in [0.05, 0.1) is 0 Å². The molecule has 2 radical (unpaired) electrons. The van der Waals surface area contributed by atoms with E-state index in [0.29, 0.717) is 10.8 Å². The Morgan fingerprint density at radius 2 is 1.18 bits per heavy atom. The fourth-order valence-corrected chi connectivity index (χ4v) is 3.42. The Kier molecular flexibility index (Phi) is 3.67. The van der Waals surface area contributed by atoms with Crippen molar-refractivity contribution in [1.82, 2.24) is 0 Å². The molecule has 0 atom stereocenters. The smallest absolute Gasteiger partial charge is 0.114 e. The number of hydrogen-bond donors (Lipinski definition) is 0. The third-order valence-electron chi connectivity index (χ3n) is 2.33. The predicted molar refractivity (Wildman–Crippen MR) is 53.0 cm³/mol. The molecule has 0 aliphatic heterocycles. The van der Waals surface area contributed by atoms with Crippen molar-refractivity contribution in [3.8, 4) is 0 Å². The highest BCUT2D eigenvalue weighted by Gasteiger charge is 2.32. The highest BCUT2D eigenvalue weighted by atomic mass is 27.0. The summed E-state index contributed by atoms with van der Waals surface area (Å²) in [7, 11) is 0. The zero-order valence-corrected chi connectivity index (χ0v) is 10.0. The average molecular weight is 168 g/mol. The fraction of sp³-hybridized carbons (Fsp3) is 1.00. The Morgan fingerprint density at radius 1 is 0.909 bits per heavy atom. The van der Waals surface area contributed by atoms with Gasteiger partial charge in [0.2, 0.25) is 0 Å². The molecule has 0 bridgehead atoms. The Balaban J connectivity index is 4.43. The van der Waals surface area contributed by atoms with Crippen molar-refractivity contribution < 1.29 is 0 Å². The van der Waals surface area contributed by atoms with Crippen LogP contribution >= 0.6 is 0 Å². The van der Waals surface area contributed by atoms with Crippen molar-refractivity contribution >= 4 is 16.3 Å². The summed E-state index contributed by atoms with van der Waals surface area (Å²) in [5, 5.41) is 1.20. The summed E-state index contributed by atoms with van der Waals surface area (Å²) >= 11 is 2.87. The molecule has 0 heterocycles. The van der Waals surface area contributed by atoms with E-state index in [2.05, 4.69) is 57.8 Å². The molecule has 0 aromatic carbocycles. The highest BCUT2D eigenvalue weighted by molar-refractivity contribution is 6.08. The van der Waals surface area contributed by atoms with Gasteiger partial charge in [-0.1, -0.05) is 41.5 Å². The summed E-state index contributed by atoms with van der Waals surface area (Å²) in [6, 6.07) is 0. The van der Waals surface area contributed by atoms with Crippen LogP contribution in [0, 0.1) is 16.7 Å². The van der Waals surface area contributed by atoms with Gasteiger partial charge in [0.1, 0.15) is 16.3 Å². The minimum Gasteiger partial charge on any atom is -0.114 e. The summed E-state index contributed by atoms with van der Waals surface area (Å²) in [6.07, 6.45) is 0. The van der Waals surface area contributed by atoms with E-state index in [4.69, 9.17) is 0 Å². The van der Waals surface area contributed by atoms with Crippen LogP contribution in [-0.2, 0) is 0 Å². The van der Waals surface area contributed by atoms with Crippen molar-refractivity contribution in [2.24, 2.45) is 16.7 Å². The minimum absolute atomic E-state index is 0.431. The molecule has 0 rings (SSSR count).